The third-order valence-electron chi connectivity index (χ3n) is 3.84. The Kier molecular flexibility index (Phi) is 8.28. The molecule has 0 saturated carbocycles. The van der Waals surface area contributed by atoms with Gasteiger partial charge >= 0.3 is 12.1 Å². The van der Waals surface area contributed by atoms with Crippen LogP contribution in [0.3, 0.4) is 0 Å². The number of aryl methyl sites for hydroxylation is 2. The van der Waals surface area contributed by atoms with Gasteiger partial charge in [-0.15, -0.1) is 10.2 Å². The smallest absolute Gasteiger partial charge is 0.475 e. The fourth-order valence-corrected chi connectivity index (χ4v) is 3.61. The number of nitrogens with zero attached hydrogens (tertiary/aromatic N) is 5. The third kappa shape index (κ3) is 7.26. The van der Waals surface area contributed by atoms with Crippen molar-refractivity contribution in [2.24, 2.45) is 0 Å². The highest BCUT2D eigenvalue weighted by Crippen LogP contribution is 2.21. The number of nitrogen functional groups attached to an aromatic ring is 1. The van der Waals surface area contributed by atoms with Crippen LogP contribution >= 0.6 is 0 Å². The minimum Gasteiger partial charge on any atom is -0.475 e. The summed E-state index contributed by atoms with van der Waals surface area (Å²) < 4.78 is 62.8. The predicted octanol–water partition coefficient (Wildman–Crippen LogP) is 1.14. The minimum absolute atomic E-state index is 0.00746. The lowest BCUT2D eigenvalue weighted by atomic mass is 10.2. The van der Waals surface area contributed by atoms with Gasteiger partial charge in [0.15, 0.2) is 16.5 Å². The molecule has 0 atom stereocenters. The number of aromatic nitrogens is 5. The number of aliphatic carboxylic acids is 1. The van der Waals surface area contributed by atoms with Crippen LogP contribution in [0.1, 0.15) is 18.6 Å². The highest BCUT2D eigenvalue weighted by molar-refractivity contribution is 7.90. The van der Waals surface area contributed by atoms with Gasteiger partial charge in [0.1, 0.15) is 0 Å². The Labute approximate surface area is 189 Å². The van der Waals surface area contributed by atoms with E-state index in [1.165, 1.54) is 11.7 Å². The second kappa shape index (κ2) is 10.7. The van der Waals surface area contributed by atoms with Gasteiger partial charge in [-0.2, -0.15) is 18.0 Å². The van der Waals surface area contributed by atoms with E-state index < -0.39 is 28.1 Å². The van der Waals surface area contributed by atoms with Gasteiger partial charge in [0.2, 0.25) is 11.7 Å². The fourth-order valence-electron chi connectivity index (χ4n) is 2.38. The van der Waals surface area contributed by atoms with Gasteiger partial charge in [-0.1, -0.05) is 35.5 Å². The predicted molar refractivity (Wildman–Crippen MR) is 107 cm³/mol. The molecular weight excluding hydrogens is 487 g/mol. The van der Waals surface area contributed by atoms with Gasteiger partial charge in [-0.25, -0.2) is 17.9 Å². The van der Waals surface area contributed by atoms with Crippen molar-refractivity contribution in [1.29, 1.82) is 0 Å². The molecule has 13 nitrogen and oxygen atoms in total. The number of nitrogens with two attached hydrogens (primary N) is 1. The van der Waals surface area contributed by atoms with Crippen molar-refractivity contribution in [1.82, 2.24) is 30.1 Å². The van der Waals surface area contributed by atoms with Crippen molar-refractivity contribution in [3.05, 3.63) is 36.1 Å². The van der Waals surface area contributed by atoms with E-state index in [0.717, 1.165) is 5.56 Å². The first-order valence-corrected chi connectivity index (χ1v) is 10.7. The van der Waals surface area contributed by atoms with Crippen molar-refractivity contribution in [2.45, 2.75) is 37.4 Å². The van der Waals surface area contributed by atoms with Crippen molar-refractivity contribution in [2.75, 3.05) is 5.73 Å². The number of nitrogens with one attached hydrogen (secondary N) is 1. The Morgan fingerprint density at radius 2 is 1.85 bits per heavy atom. The standard InChI is InChI=1S/C15H17N7O4S.C2HF3O2/c1-10-13(14(16)19-26-10)27(24,25)20-12(23)8-5-9-22-18-15(17-21-22)11-6-3-2-4-7-11;3-2(4,5)1(6)7/h2-4,6-7H,5,8-9H2,1H3,(H2,16,19)(H,20,23);(H,6,7). The summed E-state index contributed by atoms with van der Waals surface area (Å²) in [6, 6.07) is 9.33. The maximum Gasteiger partial charge on any atom is 0.490 e. The normalized spacial score (nSPS) is 11.4. The fraction of sp³-hybridized carbons (Fsp3) is 0.294. The summed E-state index contributed by atoms with van der Waals surface area (Å²) in [5.74, 6) is -3.26. The number of carboxylic acids is 1. The number of tetrazole rings is 1. The molecule has 0 radical (unpaired) electrons. The number of halogens is 3. The van der Waals surface area contributed by atoms with Gasteiger partial charge in [-0.3, -0.25) is 4.79 Å². The molecule has 0 aliphatic rings. The summed E-state index contributed by atoms with van der Waals surface area (Å²) in [7, 11) is -4.14. The highest BCUT2D eigenvalue weighted by Gasteiger charge is 2.38. The van der Waals surface area contributed by atoms with E-state index in [1.54, 1.807) is 0 Å². The highest BCUT2D eigenvalue weighted by atomic mass is 32.2. The maximum absolute atomic E-state index is 12.2. The number of carbonyl (C=O) groups is 2. The Balaban J connectivity index is 0.000000509. The van der Waals surface area contributed by atoms with E-state index in [-0.39, 0.29) is 22.9 Å². The van der Waals surface area contributed by atoms with E-state index in [2.05, 4.69) is 20.6 Å². The number of carboxylic acid groups (broad SMARTS) is 1. The molecular formula is C17H18F3N7O6S. The average molecular weight is 505 g/mol. The van der Waals surface area contributed by atoms with Crippen molar-refractivity contribution in [3.8, 4) is 11.4 Å². The van der Waals surface area contributed by atoms with Crippen LogP contribution in [0.25, 0.3) is 11.4 Å². The number of benzene rings is 1. The largest absolute Gasteiger partial charge is 0.490 e. The Bertz CT molecular complexity index is 1220. The first-order valence-electron chi connectivity index (χ1n) is 9.22. The van der Waals surface area contributed by atoms with E-state index in [4.69, 9.17) is 20.2 Å². The lowest BCUT2D eigenvalue weighted by Gasteiger charge is -2.05. The lowest BCUT2D eigenvalue weighted by Crippen LogP contribution is -2.31. The Morgan fingerprint density at radius 3 is 2.38 bits per heavy atom. The minimum atomic E-state index is -5.08. The topological polar surface area (TPSA) is 196 Å². The van der Waals surface area contributed by atoms with Gasteiger partial charge in [0.05, 0.1) is 6.54 Å². The van der Waals surface area contributed by atoms with Crippen LogP contribution < -0.4 is 10.5 Å². The number of rotatable bonds is 7. The van der Waals surface area contributed by atoms with Crippen LogP contribution in [0.15, 0.2) is 39.8 Å². The Hall–Kier alpha value is -4.02. The van der Waals surface area contributed by atoms with Crippen LogP contribution in [0, 0.1) is 6.92 Å². The molecule has 1 amide bonds. The summed E-state index contributed by atoms with van der Waals surface area (Å²) in [5, 5.41) is 22.6. The van der Waals surface area contributed by atoms with E-state index in [1.807, 2.05) is 35.1 Å². The molecule has 0 fully saturated rings. The molecule has 3 aromatic rings. The SMILES string of the molecule is Cc1onc(N)c1S(=O)(=O)NC(=O)CCCn1nnc(-c2ccccc2)n1.O=C(O)C(F)(F)F. The molecule has 34 heavy (non-hydrogen) atoms. The number of alkyl halides is 3. The van der Waals surface area contributed by atoms with Crippen LogP contribution in [-0.2, 0) is 26.2 Å². The number of hydrogen-bond acceptors (Lipinski definition) is 10. The van der Waals surface area contributed by atoms with Crippen molar-refractivity contribution >= 4 is 27.7 Å². The zero-order valence-corrected chi connectivity index (χ0v) is 18.2. The zero-order valence-electron chi connectivity index (χ0n) is 17.4. The molecule has 4 N–H and O–H groups in total. The summed E-state index contributed by atoms with van der Waals surface area (Å²) in [6.45, 7) is 1.70. The van der Waals surface area contributed by atoms with Crippen LogP contribution in [0.2, 0.25) is 0 Å². The molecule has 0 aliphatic heterocycles. The molecule has 0 aliphatic carbocycles. The van der Waals surface area contributed by atoms with Crippen LogP contribution in [-0.4, -0.2) is 56.9 Å². The van der Waals surface area contributed by atoms with E-state index in [0.29, 0.717) is 18.8 Å². The van der Waals surface area contributed by atoms with Crippen molar-refractivity contribution in [3.63, 3.8) is 0 Å². The first kappa shape index (κ1) is 26.2. The molecule has 2 heterocycles. The van der Waals surface area contributed by atoms with Crippen LogP contribution in [0.4, 0.5) is 19.0 Å². The van der Waals surface area contributed by atoms with Gasteiger partial charge in [-0.05, 0) is 18.6 Å². The number of carbonyl (C=O) groups excluding carboxylic acids is 1. The summed E-state index contributed by atoms with van der Waals surface area (Å²) in [6.07, 6.45) is -4.81. The lowest BCUT2D eigenvalue weighted by molar-refractivity contribution is -0.192. The zero-order chi connectivity index (χ0) is 25.5. The van der Waals surface area contributed by atoms with E-state index in [9.17, 15) is 26.4 Å². The second-order valence-electron chi connectivity index (χ2n) is 6.46. The molecule has 0 bridgehead atoms. The molecule has 184 valence electrons. The Morgan fingerprint density at radius 1 is 1.24 bits per heavy atom. The number of amides is 1. The van der Waals surface area contributed by atoms with Gasteiger partial charge in [0.25, 0.3) is 10.0 Å². The van der Waals surface area contributed by atoms with Crippen molar-refractivity contribution < 1.29 is 40.8 Å². The summed E-state index contributed by atoms with van der Waals surface area (Å²) in [5.41, 5.74) is 6.30. The first-order chi connectivity index (χ1) is 15.8. The number of anilines is 1. The molecule has 2 aromatic heterocycles. The molecule has 1 aromatic carbocycles. The average Bonchev–Trinajstić information content (AvgIpc) is 3.34. The van der Waals surface area contributed by atoms with Gasteiger partial charge < -0.3 is 15.4 Å². The second-order valence-corrected chi connectivity index (χ2v) is 8.08. The summed E-state index contributed by atoms with van der Waals surface area (Å²) in [4.78, 5) is 21.9. The van der Waals surface area contributed by atoms with Gasteiger partial charge in [0, 0.05) is 12.0 Å². The van der Waals surface area contributed by atoms with E-state index >= 15 is 0 Å². The molecule has 0 saturated heterocycles. The molecule has 17 heteroatoms. The quantitative estimate of drug-likeness (QED) is 0.416. The third-order valence-corrected chi connectivity index (χ3v) is 5.37. The number of sulfonamides is 1. The maximum atomic E-state index is 12.2. The molecule has 0 unspecified atom stereocenters. The monoisotopic (exact) mass is 505 g/mol. The number of hydrogen-bond donors (Lipinski definition) is 3. The molecule has 0 spiro atoms. The summed E-state index contributed by atoms with van der Waals surface area (Å²) >= 11 is 0. The van der Waals surface area contributed by atoms with Crippen LogP contribution in [0.5, 0.6) is 0 Å². The molecule has 3 rings (SSSR count).